The molecule has 2 aliphatic heterocycles. The van der Waals surface area contributed by atoms with Gasteiger partial charge in [0.2, 0.25) is 5.88 Å². The molecule has 2 aliphatic rings. The van der Waals surface area contributed by atoms with Crippen LogP contribution in [-0.4, -0.2) is 38.8 Å². The largest absolute Gasteiger partial charge is 0.479 e. The van der Waals surface area contributed by atoms with Gasteiger partial charge in [0.1, 0.15) is 11.8 Å². The first-order valence-corrected chi connectivity index (χ1v) is 6.83. The van der Waals surface area contributed by atoms with Crippen LogP contribution in [0.5, 0.6) is 5.88 Å². The molecule has 0 aliphatic carbocycles. The lowest BCUT2D eigenvalue weighted by Gasteiger charge is -2.20. The molecule has 3 atom stereocenters. The van der Waals surface area contributed by atoms with Crippen molar-refractivity contribution in [2.75, 3.05) is 7.11 Å². The first-order chi connectivity index (χ1) is 9.28. The molecule has 3 unspecified atom stereocenters. The number of aromatic amines is 1. The summed E-state index contributed by atoms with van der Waals surface area (Å²) in [5.74, 6) is 0.527. The van der Waals surface area contributed by atoms with Crippen molar-refractivity contribution in [2.24, 2.45) is 0 Å². The summed E-state index contributed by atoms with van der Waals surface area (Å²) in [5, 5.41) is 0. The van der Waals surface area contributed by atoms with E-state index in [0.717, 1.165) is 30.4 Å². The maximum Gasteiger partial charge on any atom is 0.242 e. The van der Waals surface area contributed by atoms with Crippen molar-refractivity contribution in [2.45, 2.75) is 37.5 Å². The summed E-state index contributed by atoms with van der Waals surface area (Å²) in [6.07, 6.45) is 5.43. The maximum atomic E-state index is 5.91. The molecule has 2 bridgehead atoms. The standard InChI is InChI=1S/C12H14N4O2S/c1-17-11-9-10(13-5-14-11)16(12(19)15-9)7-4-6-2-3-8(7)18-6/h5-8H,2-4H2,1H3,(H,15,19). The van der Waals surface area contributed by atoms with Crippen molar-refractivity contribution >= 4 is 23.4 Å². The van der Waals surface area contributed by atoms with Crippen molar-refractivity contribution in [3.63, 3.8) is 0 Å². The molecule has 1 N–H and O–H groups in total. The third-order valence-electron chi connectivity index (χ3n) is 4.07. The molecule has 2 fully saturated rings. The highest BCUT2D eigenvalue weighted by Gasteiger charge is 2.42. The summed E-state index contributed by atoms with van der Waals surface area (Å²) in [4.78, 5) is 11.6. The number of hydrogen-bond acceptors (Lipinski definition) is 5. The Balaban J connectivity index is 1.90. The number of aromatic nitrogens is 4. The van der Waals surface area contributed by atoms with Crippen LogP contribution < -0.4 is 4.74 Å². The van der Waals surface area contributed by atoms with Crippen LogP contribution in [0, 0.1) is 4.77 Å². The number of H-pyrrole nitrogens is 1. The van der Waals surface area contributed by atoms with Gasteiger partial charge in [-0.05, 0) is 31.5 Å². The smallest absolute Gasteiger partial charge is 0.242 e. The Morgan fingerprint density at radius 2 is 2.37 bits per heavy atom. The highest BCUT2D eigenvalue weighted by Crippen LogP contribution is 2.43. The lowest BCUT2D eigenvalue weighted by atomic mass is 9.95. The van der Waals surface area contributed by atoms with E-state index in [9.17, 15) is 0 Å². The molecule has 0 radical (unpaired) electrons. The summed E-state index contributed by atoms with van der Waals surface area (Å²) in [6, 6.07) is 0.277. The fraction of sp³-hybridized carbons (Fsp3) is 0.583. The van der Waals surface area contributed by atoms with Gasteiger partial charge in [0.25, 0.3) is 0 Å². The molecule has 2 saturated heterocycles. The van der Waals surface area contributed by atoms with E-state index >= 15 is 0 Å². The maximum absolute atomic E-state index is 5.91. The van der Waals surface area contributed by atoms with Crippen LogP contribution in [0.4, 0.5) is 0 Å². The number of hydrogen-bond donors (Lipinski definition) is 1. The van der Waals surface area contributed by atoms with Crippen LogP contribution in [0.1, 0.15) is 25.3 Å². The van der Waals surface area contributed by atoms with Crippen LogP contribution in [0.2, 0.25) is 0 Å². The first kappa shape index (κ1) is 11.4. The van der Waals surface area contributed by atoms with Gasteiger partial charge in [-0.2, -0.15) is 4.98 Å². The van der Waals surface area contributed by atoms with Crippen molar-refractivity contribution in [1.82, 2.24) is 19.5 Å². The van der Waals surface area contributed by atoms with Gasteiger partial charge in [-0.1, -0.05) is 0 Å². The fourth-order valence-electron chi connectivity index (χ4n) is 3.26. The SMILES string of the molecule is COc1ncnc2c1[nH]c(=S)n2C1CC2CCC1O2. The van der Waals surface area contributed by atoms with Crippen LogP contribution >= 0.6 is 12.2 Å². The number of imidazole rings is 1. The van der Waals surface area contributed by atoms with Gasteiger partial charge in [-0.25, -0.2) is 4.98 Å². The van der Waals surface area contributed by atoms with Crippen molar-refractivity contribution in [3.05, 3.63) is 11.1 Å². The number of ether oxygens (including phenoxy) is 2. The summed E-state index contributed by atoms with van der Waals surface area (Å²) >= 11 is 5.44. The van der Waals surface area contributed by atoms with E-state index in [1.54, 1.807) is 7.11 Å². The van der Waals surface area contributed by atoms with E-state index < -0.39 is 0 Å². The number of nitrogens with one attached hydrogen (secondary N) is 1. The van der Waals surface area contributed by atoms with Gasteiger partial charge in [0, 0.05) is 0 Å². The molecule has 2 aromatic rings. The second-order valence-electron chi connectivity index (χ2n) is 5.06. The summed E-state index contributed by atoms with van der Waals surface area (Å²) in [5.41, 5.74) is 1.57. The van der Waals surface area contributed by atoms with E-state index in [0.29, 0.717) is 16.8 Å². The van der Waals surface area contributed by atoms with Crippen LogP contribution in [0.25, 0.3) is 11.2 Å². The average molecular weight is 278 g/mol. The molecule has 6 nitrogen and oxygen atoms in total. The number of rotatable bonds is 2. The Kier molecular flexibility index (Phi) is 2.40. The average Bonchev–Trinajstić information content (AvgIpc) is 3.09. The lowest BCUT2D eigenvalue weighted by Crippen LogP contribution is -2.21. The fourth-order valence-corrected chi connectivity index (χ4v) is 3.59. The predicted octanol–water partition coefficient (Wildman–Crippen LogP) is 1.99. The molecule has 100 valence electrons. The van der Waals surface area contributed by atoms with E-state index in [2.05, 4.69) is 19.5 Å². The molecule has 0 saturated carbocycles. The molecule has 0 spiro atoms. The Hall–Kier alpha value is -1.47. The van der Waals surface area contributed by atoms with Crippen molar-refractivity contribution in [1.29, 1.82) is 0 Å². The quantitative estimate of drug-likeness (QED) is 0.851. The molecule has 2 aromatic heterocycles. The zero-order chi connectivity index (χ0) is 13.0. The Morgan fingerprint density at radius 3 is 3.05 bits per heavy atom. The van der Waals surface area contributed by atoms with E-state index in [4.69, 9.17) is 21.7 Å². The van der Waals surface area contributed by atoms with Crippen LogP contribution in [-0.2, 0) is 4.74 Å². The normalized spacial score (nSPS) is 29.2. The Morgan fingerprint density at radius 1 is 1.47 bits per heavy atom. The Bertz CT molecular complexity index is 695. The molecular formula is C12H14N4O2S. The van der Waals surface area contributed by atoms with Gasteiger partial charge in [0.15, 0.2) is 10.4 Å². The van der Waals surface area contributed by atoms with E-state index in [1.807, 2.05) is 0 Å². The zero-order valence-corrected chi connectivity index (χ0v) is 11.3. The van der Waals surface area contributed by atoms with Crippen LogP contribution in [0.15, 0.2) is 6.33 Å². The van der Waals surface area contributed by atoms with E-state index in [-0.39, 0.29) is 12.1 Å². The van der Waals surface area contributed by atoms with Gasteiger partial charge in [-0.15, -0.1) is 0 Å². The predicted molar refractivity (Wildman–Crippen MR) is 70.8 cm³/mol. The minimum Gasteiger partial charge on any atom is -0.479 e. The minimum atomic E-state index is 0.261. The molecule has 4 heterocycles. The topological polar surface area (TPSA) is 65.0 Å². The molecule has 7 heteroatoms. The lowest BCUT2D eigenvalue weighted by molar-refractivity contribution is 0.0941. The number of fused-ring (bicyclic) bond motifs is 3. The van der Waals surface area contributed by atoms with Crippen molar-refractivity contribution in [3.8, 4) is 5.88 Å². The molecule has 0 aromatic carbocycles. The minimum absolute atomic E-state index is 0.261. The Labute approximate surface area is 114 Å². The second-order valence-corrected chi connectivity index (χ2v) is 5.45. The van der Waals surface area contributed by atoms with Gasteiger partial charge in [0.05, 0.1) is 25.4 Å². The summed E-state index contributed by atoms with van der Waals surface area (Å²) in [7, 11) is 1.59. The van der Waals surface area contributed by atoms with Gasteiger partial charge >= 0.3 is 0 Å². The third-order valence-corrected chi connectivity index (χ3v) is 4.37. The summed E-state index contributed by atoms with van der Waals surface area (Å²) in [6.45, 7) is 0. The highest BCUT2D eigenvalue weighted by molar-refractivity contribution is 7.71. The number of nitrogens with zero attached hydrogens (tertiary/aromatic N) is 3. The summed E-state index contributed by atoms with van der Waals surface area (Å²) < 4.78 is 13.9. The van der Waals surface area contributed by atoms with Gasteiger partial charge < -0.3 is 14.5 Å². The highest BCUT2D eigenvalue weighted by atomic mass is 32.1. The van der Waals surface area contributed by atoms with Crippen molar-refractivity contribution < 1.29 is 9.47 Å². The monoisotopic (exact) mass is 278 g/mol. The second kappa shape index (κ2) is 4.01. The first-order valence-electron chi connectivity index (χ1n) is 6.42. The number of methoxy groups -OCH3 is 1. The van der Waals surface area contributed by atoms with E-state index in [1.165, 1.54) is 6.33 Å². The molecule has 4 rings (SSSR count). The molecule has 0 amide bonds. The molecular weight excluding hydrogens is 264 g/mol. The molecule has 19 heavy (non-hydrogen) atoms. The zero-order valence-electron chi connectivity index (χ0n) is 10.5. The third kappa shape index (κ3) is 1.54. The van der Waals surface area contributed by atoms with Crippen LogP contribution in [0.3, 0.4) is 0 Å². The van der Waals surface area contributed by atoms with Gasteiger partial charge in [-0.3, -0.25) is 4.57 Å².